The van der Waals surface area contributed by atoms with E-state index in [-0.39, 0.29) is 12.5 Å². The van der Waals surface area contributed by atoms with E-state index in [0.29, 0.717) is 43.6 Å². The summed E-state index contributed by atoms with van der Waals surface area (Å²) in [5.74, 6) is 0.563. The fourth-order valence-electron chi connectivity index (χ4n) is 3.80. The molecular formula is C26H29N3O4S. The van der Waals surface area contributed by atoms with Crippen molar-refractivity contribution < 1.29 is 19.1 Å². The Bertz CT molecular complexity index is 1060. The van der Waals surface area contributed by atoms with Crippen molar-refractivity contribution in [2.75, 3.05) is 44.2 Å². The summed E-state index contributed by atoms with van der Waals surface area (Å²) in [5.41, 5.74) is 1.93. The lowest BCUT2D eigenvalue weighted by Gasteiger charge is -2.36. The highest BCUT2D eigenvalue weighted by molar-refractivity contribution is 8.18. The molecule has 0 atom stereocenters. The number of anilines is 1. The van der Waals surface area contributed by atoms with Gasteiger partial charge in [-0.2, -0.15) is 0 Å². The number of para-hydroxylation sites is 1. The summed E-state index contributed by atoms with van der Waals surface area (Å²) in [6, 6.07) is 17.5. The van der Waals surface area contributed by atoms with Gasteiger partial charge in [0.1, 0.15) is 12.3 Å². The third-order valence-corrected chi connectivity index (χ3v) is 6.59. The Morgan fingerprint density at radius 1 is 1.00 bits per heavy atom. The molecule has 2 aromatic carbocycles. The number of carbonyl (C=O) groups excluding carboxylic acids is 3. The lowest BCUT2D eigenvalue weighted by atomic mass is 10.2. The molecule has 0 unspecified atom stereocenters. The van der Waals surface area contributed by atoms with Gasteiger partial charge in [0.05, 0.1) is 11.5 Å². The second kappa shape index (κ2) is 10.8. The van der Waals surface area contributed by atoms with Crippen LogP contribution in [0.5, 0.6) is 5.75 Å². The van der Waals surface area contributed by atoms with E-state index in [1.165, 1.54) is 0 Å². The average Bonchev–Trinajstić information content (AvgIpc) is 3.11. The van der Waals surface area contributed by atoms with Gasteiger partial charge in [0, 0.05) is 31.9 Å². The van der Waals surface area contributed by atoms with Crippen LogP contribution in [0, 0.1) is 5.92 Å². The molecule has 0 radical (unpaired) electrons. The van der Waals surface area contributed by atoms with Crippen molar-refractivity contribution in [3.63, 3.8) is 0 Å². The van der Waals surface area contributed by atoms with E-state index in [9.17, 15) is 14.4 Å². The van der Waals surface area contributed by atoms with Gasteiger partial charge in [-0.25, -0.2) is 0 Å². The Morgan fingerprint density at radius 3 is 2.32 bits per heavy atom. The van der Waals surface area contributed by atoms with E-state index in [1.54, 1.807) is 11.0 Å². The zero-order valence-electron chi connectivity index (χ0n) is 19.5. The van der Waals surface area contributed by atoms with Gasteiger partial charge in [-0.15, -0.1) is 0 Å². The summed E-state index contributed by atoms with van der Waals surface area (Å²) >= 11 is 0.870. The number of rotatable bonds is 7. The lowest BCUT2D eigenvalue weighted by molar-refractivity contribution is -0.136. The molecular weight excluding hydrogens is 450 g/mol. The smallest absolute Gasteiger partial charge is 0.294 e. The first-order valence-electron chi connectivity index (χ1n) is 11.5. The fraction of sp³-hybridized carbons (Fsp3) is 0.346. The van der Waals surface area contributed by atoms with E-state index in [1.807, 2.05) is 42.5 Å². The van der Waals surface area contributed by atoms with E-state index < -0.39 is 11.1 Å². The number of hydrogen-bond acceptors (Lipinski definition) is 6. The lowest BCUT2D eigenvalue weighted by Crippen LogP contribution is -2.51. The van der Waals surface area contributed by atoms with Crippen molar-refractivity contribution in [1.29, 1.82) is 0 Å². The first kappa shape index (κ1) is 23.9. The van der Waals surface area contributed by atoms with E-state index in [2.05, 4.69) is 30.9 Å². The van der Waals surface area contributed by atoms with Gasteiger partial charge in [-0.3, -0.25) is 19.3 Å². The Hall–Kier alpha value is -3.26. The number of amides is 3. The molecule has 0 aromatic heterocycles. The third-order valence-electron chi connectivity index (χ3n) is 5.68. The minimum absolute atomic E-state index is 0.206. The van der Waals surface area contributed by atoms with Crippen molar-refractivity contribution in [1.82, 2.24) is 9.80 Å². The van der Waals surface area contributed by atoms with Crippen LogP contribution in [0.1, 0.15) is 19.4 Å². The summed E-state index contributed by atoms with van der Waals surface area (Å²) in [7, 11) is 0. The zero-order valence-corrected chi connectivity index (χ0v) is 20.3. The van der Waals surface area contributed by atoms with Gasteiger partial charge in [-0.05, 0) is 53.6 Å². The van der Waals surface area contributed by atoms with Crippen molar-refractivity contribution in [3.8, 4) is 5.75 Å². The van der Waals surface area contributed by atoms with E-state index in [0.717, 1.165) is 33.7 Å². The molecule has 0 aliphatic carbocycles. The number of benzene rings is 2. The molecule has 4 rings (SSSR count). The van der Waals surface area contributed by atoms with Crippen LogP contribution >= 0.6 is 11.8 Å². The highest BCUT2D eigenvalue weighted by Crippen LogP contribution is 2.32. The number of carbonyl (C=O) groups is 3. The number of piperazine rings is 1. The molecule has 0 bridgehead atoms. The van der Waals surface area contributed by atoms with Crippen molar-refractivity contribution in [2.24, 2.45) is 5.92 Å². The highest BCUT2D eigenvalue weighted by atomic mass is 32.2. The van der Waals surface area contributed by atoms with Crippen LogP contribution < -0.4 is 9.64 Å². The van der Waals surface area contributed by atoms with Gasteiger partial charge in [0.2, 0.25) is 5.91 Å². The molecule has 2 aromatic rings. The van der Waals surface area contributed by atoms with Crippen molar-refractivity contribution in [3.05, 3.63) is 65.1 Å². The predicted octanol–water partition coefficient (Wildman–Crippen LogP) is 4.11. The molecule has 8 heteroatoms. The summed E-state index contributed by atoms with van der Waals surface area (Å²) in [6.45, 7) is 7.13. The number of ether oxygens (including phenoxy) is 1. The number of hydrogen-bond donors (Lipinski definition) is 0. The summed E-state index contributed by atoms with van der Waals surface area (Å²) in [6.07, 6.45) is 1.68. The Morgan fingerprint density at radius 2 is 1.68 bits per heavy atom. The normalized spacial score (nSPS) is 17.7. The maximum Gasteiger partial charge on any atom is 0.294 e. The highest BCUT2D eigenvalue weighted by Gasteiger charge is 2.37. The summed E-state index contributed by atoms with van der Waals surface area (Å²) in [4.78, 5) is 43.4. The zero-order chi connectivity index (χ0) is 24.1. The van der Waals surface area contributed by atoms with Crippen LogP contribution in [0.15, 0.2) is 59.5 Å². The van der Waals surface area contributed by atoms with Gasteiger partial charge >= 0.3 is 0 Å². The molecule has 34 heavy (non-hydrogen) atoms. The largest absolute Gasteiger partial charge is 0.493 e. The van der Waals surface area contributed by atoms with Gasteiger partial charge < -0.3 is 14.5 Å². The number of nitrogens with zero attached hydrogens (tertiary/aromatic N) is 3. The molecule has 2 fully saturated rings. The number of imide groups is 1. The Kier molecular flexibility index (Phi) is 7.57. The van der Waals surface area contributed by atoms with Gasteiger partial charge in [0.15, 0.2) is 0 Å². The summed E-state index contributed by atoms with van der Waals surface area (Å²) in [5, 5.41) is -0.413. The fourth-order valence-corrected chi connectivity index (χ4v) is 4.64. The summed E-state index contributed by atoms with van der Waals surface area (Å²) < 4.78 is 5.68. The Labute approximate surface area is 204 Å². The topological polar surface area (TPSA) is 70.2 Å². The molecule has 0 N–H and O–H groups in total. The van der Waals surface area contributed by atoms with E-state index >= 15 is 0 Å². The predicted molar refractivity (Wildman–Crippen MR) is 135 cm³/mol. The molecule has 2 saturated heterocycles. The quantitative estimate of drug-likeness (QED) is 0.557. The molecule has 2 aliphatic heterocycles. The van der Waals surface area contributed by atoms with Crippen LogP contribution in [0.2, 0.25) is 0 Å². The molecule has 2 heterocycles. The molecule has 7 nitrogen and oxygen atoms in total. The second-order valence-corrected chi connectivity index (χ2v) is 9.74. The second-order valence-electron chi connectivity index (χ2n) is 8.75. The third kappa shape index (κ3) is 5.80. The maximum atomic E-state index is 12.8. The van der Waals surface area contributed by atoms with Crippen LogP contribution in [0.4, 0.5) is 10.5 Å². The average molecular weight is 480 g/mol. The van der Waals surface area contributed by atoms with Crippen molar-refractivity contribution >= 4 is 40.6 Å². The van der Waals surface area contributed by atoms with Crippen LogP contribution in [-0.4, -0.2) is 66.2 Å². The SMILES string of the molecule is CC(C)COc1ccc(/C=C2\SC(=O)N(CC(=O)N3CCN(c4ccccc4)CC3)C2=O)cc1. The molecule has 2 aliphatic rings. The van der Waals surface area contributed by atoms with Crippen LogP contribution in [0.25, 0.3) is 6.08 Å². The standard InChI is InChI=1S/C26H29N3O4S/c1-19(2)18-33-22-10-8-20(9-11-22)16-23-25(31)29(26(32)34-23)17-24(30)28-14-12-27(13-15-28)21-6-4-3-5-7-21/h3-11,16,19H,12-15,17-18H2,1-2H3/b23-16-. The van der Waals surface area contributed by atoms with Crippen LogP contribution in [0.3, 0.4) is 0 Å². The molecule has 0 saturated carbocycles. The van der Waals surface area contributed by atoms with Crippen molar-refractivity contribution in [2.45, 2.75) is 13.8 Å². The number of thioether (sulfide) groups is 1. The van der Waals surface area contributed by atoms with Crippen LogP contribution in [-0.2, 0) is 9.59 Å². The first-order valence-corrected chi connectivity index (χ1v) is 12.3. The Balaban J connectivity index is 1.32. The monoisotopic (exact) mass is 479 g/mol. The maximum absolute atomic E-state index is 12.8. The van der Waals surface area contributed by atoms with Gasteiger partial charge in [0.25, 0.3) is 11.1 Å². The minimum atomic E-state index is -0.425. The van der Waals surface area contributed by atoms with Gasteiger partial charge in [-0.1, -0.05) is 44.2 Å². The minimum Gasteiger partial charge on any atom is -0.493 e. The molecule has 0 spiro atoms. The molecule has 178 valence electrons. The first-order chi connectivity index (χ1) is 16.4. The molecule has 3 amide bonds. The van der Waals surface area contributed by atoms with E-state index in [4.69, 9.17) is 4.74 Å².